The Labute approximate surface area is 102 Å². The molecule has 0 aliphatic carbocycles. The van der Waals surface area contributed by atoms with Crippen molar-refractivity contribution in [1.82, 2.24) is 4.90 Å². The van der Waals surface area contributed by atoms with Crippen LogP contribution in [0.1, 0.15) is 5.56 Å². The Hall–Kier alpha value is -1.10. The molecule has 0 bridgehead atoms. The van der Waals surface area contributed by atoms with Gasteiger partial charge in [0, 0.05) is 26.2 Å². The van der Waals surface area contributed by atoms with E-state index in [4.69, 9.17) is 15.2 Å². The quantitative estimate of drug-likeness (QED) is 0.823. The van der Waals surface area contributed by atoms with Crippen LogP contribution in [0.5, 0.6) is 5.75 Å². The van der Waals surface area contributed by atoms with Crippen LogP contribution in [-0.4, -0.2) is 44.4 Å². The van der Waals surface area contributed by atoms with Gasteiger partial charge in [-0.1, -0.05) is 12.1 Å². The highest BCUT2D eigenvalue weighted by Crippen LogP contribution is 2.14. The molecule has 2 N–H and O–H groups in total. The van der Waals surface area contributed by atoms with Gasteiger partial charge in [0.1, 0.15) is 12.4 Å². The summed E-state index contributed by atoms with van der Waals surface area (Å²) in [5.41, 5.74) is 6.70. The first-order valence-corrected chi connectivity index (χ1v) is 6.10. The van der Waals surface area contributed by atoms with Crippen molar-refractivity contribution in [3.8, 4) is 5.75 Å². The van der Waals surface area contributed by atoms with Crippen molar-refractivity contribution in [2.45, 2.75) is 6.54 Å². The maximum atomic E-state index is 5.44. The van der Waals surface area contributed by atoms with Crippen LogP contribution in [0.3, 0.4) is 0 Å². The molecular weight excluding hydrogens is 216 g/mol. The van der Waals surface area contributed by atoms with Crippen LogP contribution in [0, 0.1) is 0 Å². The summed E-state index contributed by atoms with van der Waals surface area (Å²) >= 11 is 0. The Bertz CT molecular complexity index is 321. The van der Waals surface area contributed by atoms with E-state index in [-0.39, 0.29) is 0 Å². The first-order valence-electron chi connectivity index (χ1n) is 6.10. The Morgan fingerprint density at radius 3 is 2.53 bits per heavy atom. The summed E-state index contributed by atoms with van der Waals surface area (Å²) in [5.74, 6) is 0.890. The molecule has 0 radical (unpaired) electrons. The molecule has 1 aromatic carbocycles. The molecule has 1 aliphatic rings. The fourth-order valence-electron chi connectivity index (χ4n) is 1.89. The summed E-state index contributed by atoms with van der Waals surface area (Å²) < 4.78 is 10.8. The first-order chi connectivity index (χ1) is 8.38. The van der Waals surface area contributed by atoms with E-state index in [9.17, 15) is 0 Å². The van der Waals surface area contributed by atoms with Crippen LogP contribution in [0.15, 0.2) is 24.3 Å². The number of rotatable bonds is 5. The van der Waals surface area contributed by atoms with Crippen molar-refractivity contribution >= 4 is 0 Å². The Balaban J connectivity index is 1.84. The molecule has 17 heavy (non-hydrogen) atoms. The van der Waals surface area contributed by atoms with Crippen LogP contribution in [0.4, 0.5) is 0 Å². The highest BCUT2D eigenvalue weighted by molar-refractivity contribution is 5.27. The first kappa shape index (κ1) is 12.4. The minimum atomic E-state index is 0.551. The van der Waals surface area contributed by atoms with Crippen LogP contribution in [-0.2, 0) is 11.3 Å². The number of nitrogens with zero attached hydrogens (tertiary/aromatic N) is 1. The van der Waals surface area contributed by atoms with Crippen LogP contribution in [0.2, 0.25) is 0 Å². The number of hydrogen-bond donors (Lipinski definition) is 1. The van der Waals surface area contributed by atoms with Gasteiger partial charge in [0.05, 0.1) is 13.2 Å². The minimum Gasteiger partial charge on any atom is -0.492 e. The molecule has 0 spiro atoms. The third-order valence-electron chi connectivity index (χ3n) is 2.82. The van der Waals surface area contributed by atoms with E-state index < -0.39 is 0 Å². The minimum absolute atomic E-state index is 0.551. The van der Waals surface area contributed by atoms with Gasteiger partial charge >= 0.3 is 0 Å². The van der Waals surface area contributed by atoms with E-state index in [0.717, 1.165) is 38.6 Å². The average molecular weight is 236 g/mol. The smallest absolute Gasteiger partial charge is 0.119 e. The predicted octanol–water partition coefficient (Wildman–Crippen LogP) is 0.856. The van der Waals surface area contributed by atoms with E-state index >= 15 is 0 Å². The highest BCUT2D eigenvalue weighted by atomic mass is 16.5. The van der Waals surface area contributed by atoms with Crippen LogP contribution >= 0.6 is 0 Å². The van der Waals surface area contributed by atoms with Gasteiger partial charge in [-0.05, 0) is 17.7 Å². The fourth-order valence-corrected chi connectivity index (χ4v) is 1.89. The van der Waals surface area contributed by atoms with Gasteiger partial charge in [0.15, 0.2) is 0 Å². The Kier molecular flexibility index (Phi) is 4.79. The SMILES string of the molecule is NCCOc1ccc(CN2CCOCC2)cc1. The molecular formula is C13H20N2O2. The zero-order chi connectivity index (χ0) is 11.9. The molecule has 4 nitrogen and oxygen atoms in total. The fraction of sp³-hybridized carbons (Fsp3) is 0.538. The number of ether oxygens (including phenoxy) is 2. The zero-order valence-corrected chi connectivity index (χ0v) is 10.1. The third-order valence-corrected chi connectivity index (χ3v) is 2.82. The van der Waals surface area contributed by atoms with E-state index in [0.29, 0.717) is 13.2 Å². The molecule has 1 fully saturated rings. The van der Waals surface area contributed by atoms with Crippen molar-refractivity contribution in [3.05, 3.63) is 29.8 Å². The molecule has 0 atom stereocenters. The predicted molar refractivity (Wildman–Crippen MR) is 67.1 cm³/mol. The zero-order valence-electron chi connectivity index (χ0n) is 10.1. The number of benzene rings is 1. The molecule has 1 aliphatic heterocycles. The maximum absolute atomic E-state index is 5.44. The van der Waals surface area contributed by atoms with Gasteiger partial charge < -0.3 is 15.2 Å². The second-order valence-electron chi connectivity index (χ2n) is 4.17. The molecule has 1 heterocycles. The van der Waals surface area contributed by atoms with Crippen molar-refractivity contribution in [1.29, 1.82) is 0 Å². The lowest BCUT2D eigenvalue weighted by molar-refractivity contribution is 0.0342. The molecule has 94 valence electrons. The van der Waals surface area contributed by atoms with Gasteiger partial charge in [-0.2, -0.15) is 0 Å². The summed E-state index contributed by atoms with van der Waals surface area (Å²) in [4.78, 5) is 2.40. The summed E-state index contributed by atoms with van der Waals surface area (Å²) in [6.45, 7) is 5.84. The van der Waals surface area contributed by atoms with Crippen molar-refractivity contribution < 1.29 is 9.47 Å². The van der Waals surface area contributed by atoms with Crippen molar-refractivity contribution in [3.63, 3.8) is 0 Å². The second kappa shape index (κ2) is 6.59. The molecule has 1 saturated heterocycles. The van der Waals surface area contributed by atoms with Crippen LogP contribution < -0.4 is 10.5 Å². The Morgan fingerprint density at radius 2 is 1.88 bits per heavy atom. The Morgan fingerprint density at radius 1 is 1.18 bits per heavy atom. The largest absolute Gasteiger partial charge is 0.492 e. The van der Waals surface area contributed by atoms with Gasteiger partial charge in [-0.3, -0.25) is 4.90 Å². The molecule has 0 aromatic heterocycles. The molecule has 4 heteroatoms. The van der Waals surface area contributed by atoms with Crippen molar-refractivity contribution in [2.24, 2.45) is 5.73 Å². The summed E-state index contributed by atoms with van der Waals surface area (Å²) in [5, 5.41) is 0. The third kappa shape index (κ3) is 4.00. The number of hydrogen-bond acceptors (Lipinski definition) is 4. The molecule has 2 rings (SSSR count). The lowest BCUT2D eigenvalue weighted by Crippen LogP contribution is -2.35. The maximum Gasteiger partial charge on any atom is 0.119 e. The van der Waals surface area contributed by atoms with Crippen LogP contribution in [0.25, 0.3) is 0 Å². The van der Waals surface area contributed by atoms with Gasteiger partial charge in [-0.25, -0.2) is 0 Å². The number of nitrogens with two attached hydrogens (primary N) is 1. The van der Waals surface area contributed by atoms with E-state index in [1.807, 2.05) is 12.1 Å². The molecule has 0 amide bonds. The molecule has 1 aromatic rings. The molecule has 0 unspecified atom stereocenters. The standard InChI is InChI=1S/C13H20N2O2/c14-5-8-17-13-3-1-12(2-4-13)11-15-6-9-16-10-7-15/h1-4H,5-11,14H2. The summed E-state index contributed by atoms with van der Waals surface area (Å²) in [7, 11) is 0. The highest BCUT2D eigenvalue weighted by Gasteiger charge is 2.10. The normalized spacial score (nSPS) is 17.0. The van der Waals surface area contributed by atoms with E-state index in [2.05, 4.69) is 17.0 Å². The van der Waals surface area contributed by atoms with Gasteiger partial charge in [-0.15, -0.1) is 0 Å². The summed E-state index contributed by atoms with van der Waals surface area (Å²) in [6, 6.07) is 8.24. The monoisotopic (exact) mass is 236 g/mol. The van der Waals surface area contributed by atoms with E-state index in [1.54, 1.807) is 0 Å². The topological polar surface area (TPSA) is 47.7 Å². The van der Waals surface area contributed by atoms with E-state index in [1.165, 1.54) is 5.56 Å². The number of morpholine rings is 1. The second-order valence-corrected chi connectivity index (χ2v) is 4.17. The summed E-state index contributed by atoms with van der Waals surface area (Å²) in [6.07, 6.45) is 0. The molecule has 0 saturated carbocycles. The lowest BCUT2D eigenvalue weighted by Gasteiger charge is -2.26. The van der Waals surface area contributed by atoms with Crippen molar-refractivity contribution in [2.75, 3.05) is 39.5 Å². The van der Waals surface area contributed by atoms with Gasteiger partial charge in [0.2, 0.25) is 0 Å². The average Bonchev–Trinajstić information content (AvgIpc) is 2.39. The van der Waals surface area contributed by atoms with Gasteiger partial charge in [0.25, 0.3) is 0 Å². The lowest BCUT2D eigenvalue weighted by atomic mass is 10.2.